The van der Waals surface area contributed by atoms with Crippen LogP contribution in [-0.2, 0) is 14.3 Å². The summed E-state index contributed by atoms with van der Waals surface area (Å²) < 4.78 is 9.84. The van der Waals surface area contributed by atoms with Crippen molar-refractivity contribution in [3.63, 3.8) is 0 Å². The van der Waals surface area contributed by atoms with Gasteiger partial charge in [-0.1, -0.05) is 18.2 Å². The Morgan fingerprint density at radius 2 is 1.83 bits per heavy atom. The maximum absolute atomic E-state index is 12.5. The van der Waals surface area contributed by atoms with Gasteiger partial charge in [0.05, 0.1) is 6.04 Å². The summed E-state index contributed by atoms with van der Waals surface area (Å²) in [6, 6.07) is 8.00. The van der Waals surface area contributed by atoms with Crippen LogP contribution < -0.4 is 10.6 Å². The first-order valence-corrected chi connectivity index (χ1v) is 9.07. The van der Waals surface area contributed by atoms with Crippen molar-refractivity contribution in [3.8, 4) is 0 Å². The van der Waals surface area contributed by atoms with Gasteiger partial charge in [-0.2, -0.15) is 0 Å². The molecule has 0 aliphatic carbocycles. The molecule has 0 bridgehead atoms. The molecule has 0 aromatic heterocycles. The Kier molecular flexibility index (Phi) is 7.03. The number of alkyl carbamates (subject to hydrolysis) is 1. The molecule has 3 amide bonds. The van der Waals surface area contributed by atoms with Crippen LogP contribution in [0.5, 0.6) is 0 Å². The molecule has 0 radical (unpaired) electrons. The molecule has 1 heterocycles. The molecule has 1 aliphatic heterocycles. The molecular weight excluding hydrogens is 382 g/mol. The zero-order valence-electron chi connectivity index (χ0n) is 16.5. The highest BCUT2D eigenvalue weighted by molar-refractivity contribution is 5.94. The normalized spacial score (nSPS) is 18.7. The van der Waals surface area contributed by atoms with Gasteiger partial charge in [0.1, 0.15) is 12.1 Å². The Bertz CT molecular complexity index is 761. The van der Waals surface area contributed by atoms with Crippen LogP contribution in [0.15, 0.2) is 30.3 Å². The maximum Gasteiger partial charge on any atom is 0.507 e. The first-order valence-electron chi connectivity index (χ1n) is 9.07. The van der Waals surface area contributed by atoms with Crippen molar-refractivity contribution >= 4 is 24.1 Å². The van der Waals surface area contributed by atoms with Crippen LogP contribution in [-0.4, -0.2) is 65.0 Å². The van der Waals surface area contributed by atoms with Crippen molar-refractivity contribution in [1.29, 1.82) is 0 Å². The molecule has 1 fully saturated rings. The van der Waals surface area contributed by atoms with Gasteiger partial charge in [0, 0.05) is 18.5 Å². The smallest absolute Gasteiger partial charge is 0.450 e. The standard InChI is InChI=1S/C19H25N3O7/c1-19(2,3)29-17(25)20-10-14(23)22-11-13(9-15(22)28-18(26)27)21-16(24)12-7-5-4-6-8-12/h4-8,13,15H,9-11H2,1-3H3,(H,20,25)(H,21,24)(H,26,27). The minimum atomic E-state index is -1.54. The number of likely N-dealkylation sites (tertiary alicyclic amines) is 1. The topological polar surface area (TPSA) is 134 Å². The monoisotopic (exact) mass is 407 g/mol. The van der Waals surface area contributed by atoms with E-state index in [4.69, 9.17) is 14.6 Å². The number of carbonyl (C=O) groups is 4. The Morgan fingerprint density at radius 3 is 2.41 bits per heavy atom. The summed E-state index contributed by atoms with van der Waals surface area (Å²) in [6.07, 6.45) is -3.28. The Balaban J connectivity index is 1.97. The van der Waals surface area contributed by atoms with Crippen molar-refractivity contribution in [2.75, 3.05) is 13.1 Å². The van der Waals surface area contributed by atoms with Crippen LogP contribution in [0.1, 0.15) is 37.6 Å². The second-order valence-electron chi connectivity index (χ2n) is 7.51. The number of nitrogens with one attached hydrogen (secondary N) is 2. The number of hydrogen-bond donors (Lipinski definition) is 3. The van der Waals surface area contributed by atoms with Crippen LogP contribution >= 0.6 is 0 Å². The summed E-state index contributed by atoms with van der Waals surface area (Å²) in [4.78, 5) is 48.6. The second kappa shape index (κ2) is 9.26. The van der Waals surface area contributed by atoms with Crippen LogP contribution in [0.25, 0.3) is 0 Å². The molecule has 2 unspecified atom stereocenters. The van der Waals surface area contributed by atoms with Gasteiger partial charge in [0.2, 0.25) is 5.91 Å². The number of ether oxygens (including phenoxy) is 2. The zero-order chi connectivity index (χ0) is 21.6. The van der Waals surface area contributed by atoms with Gasteiger partial charge in [-0.25, -0.2) is 9.59 Å². The van der Waals surface area contributed by atoms with Crippen LogP contribution in [0.2, 0.25) is 0 Å². The molecule has 158 valence electrons. The van der Waals surface area contributed by atoms with E-state index < -0.39 is 42.6 Å². The number of carboxylic acid groups (broad SMARTS) is 1. The van der Waals surface area contributed by atoms with E-state index in [0.717, 1.165) is 0 Å². The fourth-order valence-corrected chi connectivity index (χ4v) is 2.82. The van der Waals surface area contributed by atoms with Crippen LogP contribution in [0.3, 0.4) is 0 Å². The quantitative estimate of drug-likeness (QED) is 0.631. The minimum Gasteiger partial charge on any atom is -0.450 e. The molecule has 10 heteroatoms. The van der Waals surface area contributed by atoms with Gasteiger partial charge >= 0.3 is 12.2 Å². The predicted molar refractivity (Wildman–Crippen MR) is 101 cm³/mol. The first kappa shape index (κ1) is 22.0. The molecule has 10 nitrogen and oxygen atoms in total. The highest BCUT2D eigenvalue weighted by Gasteiger charge is 2.38. The van der Waals surface area contributed by atoms with Gasteiger partial charge in [-0.3, -0.25) is 9.59 Å². The van der Waals surface area contributed by atoms with E-state index in [1.54, 1.807) is 51.1 Å². The SMILES string of the molecule is CC(C)(C)OC(=O)NCC(=O)N1CC(NC(=O)c2ccccc2)CC1OC(=O)O. The molecular formula is C19H25N3O7. The fourth-order valence-electron chi connectivity index (χ4n) is 2.82. The Morgan fingerprint density at radius 1 is 1.17 bits per heavy atom. The summed E-state index contributed by atoms with van der Waals surface area (Å²) in [5, 5.41) is 14.0. The lowest BCUT2D eigenvalue weighted by atomic mass is 10.2. The lowest BCUT2D eigenvalue weighted by Gasteiger charge is -2.24. The molecule has 0 spiro atoms. The third-order valence-electron chi connectivity index (χ3n) is 3.96. The molecule has 1 aliphatic rings. The van der Waals surface area contributed by atoms with Crippen molar-refractivity contribution in [2.45, 2.75) is 45.1 Å². The number of carbonyl (C=O) groups excluding carboxylic acids is 3. The van der Waals surface area contributed by atoms with Crippen LogP contribution in [0, 0.1) is 0 Å². The zero-order valence-corrected chi connectivity index (χ0v) is 16.5. The highest BCUT2D eigenvalue weighted by atomic mass is 16.7. The third kappa shape index (κ3) is 6.98. The second-order valence-corrected chi connectivity index (χ2v) is 7.51. The van der Waals surface area contributed by atoms with E-state index in [2.05, 4.69) is 10.6 Å². The third-order valence-corrected chi connectivity index (χ3v) is 3.96. The molecule has 2 atom stereocenters. The Labute approximate surface area is 168 Å². The van der Waals surface area contributed by atoms with E-state index in [1.165, 1.54) is 4.90 Å². The van der Waals surface area contributed by atoms with Crippen LogP contribution in [0.4, 0.5) is 9.59 Å². The minimum absolute atomic E-state index is 0.0470. The molecule has 2 rings (SSSR count). The average molecular weight is 407 g/mol. The number of rotatable bonds is 5. The molecule has 1 aromatic rings. The van der Waals surface area contributed by atoms with Gasteiger partial charge in [0.15, 0.2) is 6.23 Å². The largest absolute Gasteiger partial charge is 0.507 e. The summed E-state index contributed by atoms with van der Waals surface area (Å²) in [5.74, 6) is -0.899. The van der Waals surface area contributed by atoms with E-state index in [0.29, 0.717) is 5.56 Å². The van der Waals surface area contributed by atoms with Crippen molar-refractivity contribution in [3.05, 3.63) is 35.9 Å². The molecule has 0 saturated carbocycles. The average Bonchev–Trinajstić information content (AvgIpc) is 3.00. The van der Waals surface area contributed by atoms with Crippen molar-refractivity contribution in [1.82, 2.24) is 15.5 Å². The van der Waals surface area contributed by atoms with E-state index in [-0.39, 0.29) is 18.9 Å². The van der Waals surface area contributed by atoms with Crippen molar-refractivity contribution in [2.24, 2.45) is 0 Å². The maximum atomic E-state index is 12.5. The van der Waals surface area contributed by atoms with Gasteiger partial charge in [0.25, 0.3) is 5.91 Å². The fraction of sp³-hybridized carbons (Fsp3) is 0.474. The number of benzene rings is 1. The van der Waals surface area contributed by atoms with E-state index in [9.17, 15) is 19.2 Å². The van der Waals surface area contributed by atoms with E-state index in [1.807, 2.05) is 0 Å². The summed E-state index contributed by atoms with van der Waals surface area (Å²) in [7, 11) is 0. The summed E-state index contributed by atoms with van der Waals surface area (Å²) in [5.41, 5.74) is -0.276. The number of nitrogens with zero attached hydrogens (tertiary/aromatic N) is 1. The molecule has 1 aromatic carbocycles. The summed E-state index contributed by atoms with van der Waals surface area (Å²) >= 11 is 0. The molecule has 3 N–H and O–H groups in total. The van der Waals surface area contributed by atoms with Crippen molar-refractivity contribution < 1.29 is 33.8 Å². The number of hydrogen-bond acceptors (Lipinski definition) is 6. The highest BCUT2D eigenvalue weighted by Crippen LogP contribution is 2.20. The lowest BCUT2D eigenvalue weighted by Crippen LogP contribution is -2.45. The Hall–Kier alpha value is -3.30. The molecule has 1 saturated heterocycles. The lowest BCUT2D eigenvalue weighted by molar-refractivity contribution is -0.137. The van der Waals surface area contributed by atoms with Gasteiger partial charge < -0.3 is 30.1 Å². The summed E-state index contributed by atoms with van der Waals surface area (Å²) in [6.45, 7) is 4.71. The molecule has 29 heavy (non-hydrogen) atoms. The van der Waals surface area contributed by atoms with Gasteiger partial charge in [-0.15, -0.1) is 0 Å². The van der Waals surface area contributed by atoms with Gasteiger partial charge in [-0.05, 0) is 32.9 Å². The number of amides is 3. The van der Waals surface area contributed by atoms with E-state index >= 15 is 0 Å². The predicted octanol–water partition coefficient (Wildman–Crippen LogP) is 1.56. The first-order chi connectivity index (χ1) is 13.5.